The van der Waals surface area contributed by atoms with Gasteiger partial charge in [0.15, 0.2) is 5.96 Å². The molecule has 1 amide bonds. The summed E-state index contributed by atoms with van der Waals surface area (Å²) in [4.78, 5) is 21.7. The molecule has 0 spiro atoms. The van der Waals surface area contributed by atoms with E-state index in [1.54, 1.807) is 7.11 Å². The number of carbonyl (C=O) groups excluding carboxylic acids is 1. The van der Waals surface area contributed by atoms with E-state index < -0.39 is 0 Å². The van der Waals surface area contributed by atoms with Crippen LogP contribution in [0.5, 0.6) is 5.75 Å². The van der Waals surface area contributed by atoms with Crippen LogP contribution in [0.15, 0.2) is 29.3 Å². The highest BCUT2D eigenvalue weighted by molar-refractivity contribution is 14.0. The van der Waals surface area contributed by atoms with Crippen LogP contribution in [0.3, 0.4) is 0 Å². The van der Waals surface area contributed by atoms with E-state index in [0.29, 0.717) is 19.5 Å². The Morgan fingerprint density at radius 1 is 1.03 bits per heavy atom. The zero-order valence-electron chi connectivity index (χ0n) is 19.6. The van der Waals surface area contributed by atoms with E-state index in [1.165, 1.54) is 24.8 Å². The Morgan fingerprint density at radius 2 is 1.69 bits per heavy atom. The van der Waals surface area contributed by atoms with Gasteiger partial charge >= 0.3 is 0 Å². The number of benzene rings is 1. The van der Waals surface area contributed by atoms with Crippen LogP contribution in [0.4, 0.5) is 0 Å². The quantitative estimate of drug-likeness (QED) is 0.277. The summed E-state index contributed by atoms with van der Waals surface area (Å²) in [7, 11) is 1.70. The summed E-state index contributed by atoms with van der Waals surface area (Å²) in [5.41, 5.74) is 1.27. The van der Waals surface area contributed by atoms with Gasteiger partial charge < -0.3 is 20.3 Å². The molecular formula is C24H40IN5O2. The molecule has 0 aromatic heterocycles. The summed E-state index contributed by atoms with van der Waals surface area (Å²) < 4.78 is 5.33. The summed E-state index contributed by atoms with van der Waals surface area (Å²) in [5.74, 6) is 1.90. The van der Waals surface area contributed by atoms with Gasteiger partial charge in [-0.2, -0.15) is 0 Å². The standard InChI is InChI=1S/C24H39N5O2.HI/c1-3-25-24(26-14-13-23(30)29-17-7-8-18-29)27-19-22(28-15-5-4-6-16-28)20-9-11-21(31-2)12-10-20;/h9-12,22H,3-8,13-19H2,1-2H3,(H2,25,26,27);1H. The minimum absolute atomic E-state index is 0. The first-order valence-corrected chi connectivity index (χ1v) is 11.9. The van der Waals surface area contributed by atoms with Crippen molar-refractivity contribution in [3.63, 3.8) is 0 Å². The van der Waals surface area contributed by atoms with Crippen molar-refractivity contribution in [2.45, 2.75) is 51.5 Å². The van der Waals surface area contributed by atoms with Crippen molar-refractivity contribution < 1.29 is 9.53 Å². The first-order chi connectivity index (χ1) is 15.2. The molecule has 8 heteroatoms. The lowest BCUT2D eigenvalue weighted by molar-refractivity contribution is -0.129. The summed E-state index contributed by atoms with van der Waals surface area (Å²) >= 11 is 0. The fraction of sp³-hybridized carbons (Fsp3) is 0.667. The molecule has 3 rings (SSSR count). The Balaban J connectivity index is 0.00000363. The topological polar surface area (TPSA) is 69.2 Å². The number of nitrogens with one attached hydrogen (secondary N) is 2. The van der Waals surface area contributed by atoms with E-state index in [9.17, 15) is 4.79 Å². The predicted molar refractivity (Wildman–Crippen MR) is 141 cm³/mol. The molecule has 32 heavy (non-hydrogen) atoms. The number of likely N-dealkylation sites (tertiary alicyclic amines) is 2. The highest BCUT2D eigenvalue weighted by Crippen LogP contribution is 2.26. The maximum Gasteiger partial charge on any atom is 0.224 e. The Hall–Kier alpha value is -1.55. The van der Waals surface area contributed by atoms with Crippen LogP contribution in [0.25, 0.3) is 0 Å². The lowest BCUT2D eigenvalue weighted by Crippen LogP contribution is -2.41. The molecule has 2 aliphatic heterocycles. The molecule has 2 heterocycles. The van der Waals surface area contributed by atoms with Gasteiger partial charge in [0, 0.05) is 32.6 Å². The number of halogens is 1. The van der Waals surface area contributed by atoms with Gasteiger partial charge in [-0.25, -0.2) is 0 Å². The number of amides is 1. The van der Waals surface area contributed by atoms with Crippen LogP contribution in [0.1, 0.15) is 57.1 Å². The van der Waals surface area contributed by atoms with Gasteiger partial charge in [0.2, 0.25) is 5.91 Å². The molecule has 180 valence electrons. The van der Waals surface area contributed by atoms with Crippen molar-refractivity contribution in [1.29, 1.82) is 0 Å². The van der Waals surface area contributed by atoms with Gasteiger partial charge in [-0.05, 0) is 63.4 Å². The highest BCUT2D eigenvalue weighted by atomic mass is 127. The number of hydrogen-bond donors (Lipinski definition) is 2. The first kappa shape index (κ1) is 26.7. The number of hydrogen-bond acceptors (Lipinski definition) is 4. The number of aliphatic imine (C=N–C) groups is 1. The van der Waals surface area contributed by atoms with Crippen LogP contribution in [-0.4, -0.2) is 74.6 Å². The van der Waals surface area contributed by atoms with E-state index in [2.05, 4.69) is 34.6 Å². The second kappa shape index (κ2) is 14.6. The molecule has 0 saturated carbocycles. The molecule has 7 nitrogen and oxygen atoms in total. The number of methoxy groups -OCH3 is 1. The Morgan fingerprint density at radius 3 is 2.31 bits per heavy atom. The van der Waals surface area contributed by atoms with Gasteiger partial charge in [0.05, 0.1) is 19.7 Å². The summed E-state index contributed by atoms with van der Waals surface area (Å²) in [6.45, 7) is 8.20. The molecule has 1 aromatic rings. The fourth-order valence-corrected chi connectivity index (χ4v) is 4.42. The molecule has 2 fully saturated rings. The first-order valence-electron chi connectivity index (χ1n) is 11.9. The van der Waals surface area contributed by atoms with Gasteiger partial charge in [-0.3, -0.25) is 14.7 Å². The number of nitrogens with zero attached hydrogens (tertiary/aromatic N) is 3. The van der Waals surface area contributed by atoms with E-state index in [-0.39, 0.29) is 35.9 Å². The van der Waals surface area contributed by atoms with Gasteiger partial charge in [-0.1, -0.05) is 18.6 Å². The molecule has 2 N–H and O–H groups in total. The third-order valence-electron chi connectivity index (χ3n) is 6.19. The summed E-state index contributed by atoms with van der Waals surface area (Å²) in [6.07, 6.45) is 6.57. The molecule has 1 atom stereocenters. The smallest absolute Gasteiger partial charge is 0.224 e. The summed E-state index contributed by atoms with van der Waals surface area (Å²) in [5, 5.41) is 6.69. The van der Waals surface area contributed by atoms with Crippen LogP contribution >= 0.6 is 24.0 Å². The molecule has 0 radical (unpaired) electrons. The third-order valence-corrected chi connectivity index (χ3v) is 6.19. The van der Waals surface area contributed by atoms with Gasteiger partial charge in [0.25, 0.3) is 0 Å². The van der Waals surface area contributed by atoms with Crippen LogP contribution in [-0.2, 0) is 4.79 Å². The lowest BCUT2D eigenvalue weighted by atomic mass is 10.0. The molecule has 0 bridgehead atoms. The lowest BCUT2D eigenvalue weighted by Gasteiger charge is -2.34. The van der Waals surface area contributed by atoms with Crippen molar-refractivity contribution in [1.82, 2.24) is 20.4 Å². The monoisotopic (exact) mass is 557 g/mol. The number of carbonyl (C=O) groups is 1. The maximum absolute atomic E-state index is 12.3. The van der Waals surface area contributed by atoms with Crippen LogP contribution < -0.4 is 15.4 Å². The van der Waals surface area contributed by atoms with E-state index in [4.69, 9.17) is 9.73 Å². The Labute approximate surface area is 210 Å². The van der Waals surface area contributed by atoms with Crippen molar-refractivity contribution in [2.24, 2.45) is 4.99 Å². The van der Waals surface area contributed by atoms with Crippen LogP contribution in [0.2, 0.25) is 0 Å². The minimum atomic E-state index is 0. The van der Waals surface area contributed by atoms with E-state index in [1.807, 2.05) is 17.0 Å². The average molecular weight is 558 g/mol. The molecule has 2 aliphatic rings. The average Bonchev–Trinajstić information content (AvgIpc) is 3.35. The fourth-order valence-electron chi connectivity index (χ4n) is 4.42. The molecule has 0 aliphatic carbocycles. The van der Waals surface area contributed by atoms with Crippen LogP contribution in [0, 0.1) is 0 Å². The SMILES string of the molecule is CCNC(=NCC(c1ccc(OC)cc1)N1CCCCC1)NCCC(=O)N1CCCC1.I. The molecule has 1 unspecified atom stereocenters. The van der Waals surface area contributed by atoms with Crippen molar-refractivity contribution in [3.8, 4) is 5.75 Å². The van der Waals surface area contributed by atoms with Gasteiger partial charge in [0.1, 0.15) is 5.75 Å². The minimum Gasteiger partial charge on any atom is -0.497 e. The van der Waals surface area contributed by atoms with Crippen molar-refractivity contribution in [3.05, 3.63) is 29.8 Å². The highest BCUT2D eigenvalue weighted by Gasteiger charge is 2.22. The largest absolute Gasteiger partial charge is 0.497 e. The normalized spacial score (nSPS) is 18.1. The number of ether oxygens (including phenoxy) is 1. The molecule has 1 aromatic carbocycles. The number of piperidine rings is 1. The van der Waals surface area contributed by atoms with Gasteiger partial charge in [-0.15, -0.1) is 24.0 Å². The maximum atomic E-state index is 12.3. The van der Waals surface area contributed by atoms with Crippen molar-refractivity contribution >= 4 is 35.8 Å². The molecule has 2 saturated heterocycles. The third kappa shape index (κ3) is 8.10. The summed E-state index contributed by atoms with van der Waals surface area (Å²) in [6, 6.07) is 8.62. The molecular weight excluding hydrogens is 517 g/mol. The second-order valence-corrected chi connectivity index (χ2v) is 8.37. The Bertz CT molecular complexity index is 701. The van der Waals surface area contributed by atoms with E-state index >= 15 is 0 Å². The zero-order valence-corrected chi connectivity index (χ0v) is 22.0. The Kier molecular flexibility index (Phi) is 12.2. The number of rotatable bonds is 9. The van der Waals surface area contributed by atoms with Crippen molar-refractivity contribution in [2.75, 3.05) is 52.9 Å². The van der Waals surface area contributed by atoms with E-state index in [0.717, 1.165) is 57.3 Å². The second-order valence-electron chi connectivity index (χ2n) is 8.37. The predicted octanol–water partition coefficient (Wildman–Crippen LogP) is 3.41. The number of guanidine groups is 1. The zero-order chi connectivity index (χ0) is 21.9.